The van der Waals surface area contributed by atoms with Crippen molar-refractivity contribution in [3.8, 4) is 44.9 Å². The predicted molar refractivity (Wildman–Crippen MR) is 286 cm³/mol. The largest absolute Gasteiger partial charge is 0.457 e. The molecule has 0 fully saturated rings. The standard InChI is InChI=1S/C66H55NO2/c1-63(2,3)40-31-35-59-54(37-40)66(55-38-41(64(4,5)6)32-36-60(55)68-59)51-26-14-10-22-49(51)61-52(66)27-18-29-57(61)67(42-33-34-44-43-19-9-13-25-50(43)65(7,8)53(44)39-42)56-28-15-11-20-45(56)47-23-17-24-48-46-21-12-16-30-58(46)69-62(47)48/h9-39H,1-8H3. The molecule has 0 atom stereocenters. The highest BCUT2D eigenvalue weighted by atomic mass is 16.5. The molecule has 13 rings (SSSR count). The maximum atomic E-state index is 7.04. The van der Waals surface area contributed by atoms with E-state index in [1.807, 2.05) is 0 Å². The SMILES string of the molecule is CC(C)(C)c1ccc2c(c1)C1(c3cc(C(C)(C)C)ccc3O2)c2ccccc2-c2c(N(c3ccc4c(c3)C(C)(C)c3ccccc3-4)c3ccccc3-c3cccc4c3oc3ccccc34)cccc21. The van der Waals surface area contributed by atoms with Crippen LogP contribution in [0.25, 0.3) is 55.3 Å². The third-order valence-corrected chi connectivity index (χ3v) is 15.7. The average molecular weight is 894 g/mol. The highest BCUT2D eigenvalue weighted by molar-refractivity contribution is 6.11. The van der Waals surface area contributed by atoms with Gasteiger partial charge in [-0.05, 0) is 115 Å². The lowest BCUT2D eigenvalue weighted by molar-refractivity contribution is 0.433. The smallest absolute Gasteiger partial charge is 0.143 e. The number of para-hydroxylation sites is 3. The van der Waals surface area contributed by atoms with Gasteiger partial charge in [0, 0.05) is 49.7 Å². The lowest BCUT2D eigenvalue weighted by atomic mass is 9.64. The molecule has 2 heterocycles. The molecule has 3 nitrogen and oxygen atoms in total. The number of hydrogen-bond donors (Lipinski definition) is 0. The van der Waals surface area contributed by atoms with Gasteiger partial charge in [0.1, 0.15) is 22.7 Å². The Balaban J connectivity index is 1.14. The van der Waals surface area contributed by atoms with Crippen LogP contribution in [0.1, 0.15) is 99.9 Å². The minimum atomic E-state index is -0.681. The number of nitrogens with zero attached hydrogens (tertiary/aromatic N) is 1. The lowest BCUT2D eigenvalue weighted by Crippen LogP contribution is -2.33. The minimum Gasteiger partial charge on any atom is -0.457 e. The van der Waals surface area contributed by atoms with Crippen molar-refractivity contribution in [2.24, 2.45) is 0 Å². The normalized spacial score (nSPS) is 14.7. The summed E-state index contributed by atoms with van der Waals surface area (Å²) < 4.78 is 13.8. The molecule has 0 saturated heterocycles. The van der Waals surface area contributed by atoms with Gasteiger partial charge in [-0.1, -0.05) is 189 Å². The van der Waals surface area contributed by atoms with Crippen molar-refractivity contribution in [2.75, 3.05) is 4.90 Å². The molecule has 1 aromatic heterocycles. The first-order valence-corrected chi connectivity index (χ1v) is 24.5. The van der Waals surface area contributed by atoms with E-state index in [2.05, 4.69) is 248 Å². The Morgan fingerprint density at radius 3 is 1.68 bits per heavy atom. The highest BCUT2D eigenvalue weighted by Gasteiger charge is 2.53. The van der Waals surface area contributed by atoms with Crippen LogP contribution in [-0.4, -0.2) is 0 Å². The van der Waals surface area contributed by atoms with E-state index in [1.165, 1.54) is 66.8 Å². The lowest BCUT2D eigenvalue weighted by Gasteiger charge is -2.41. The van der Waals surface area contributed by atoms with Gasteiger partial charge in [0.15, 0.2) is 0 Å². The van der Waals surface area contributed by atoms with Gasteiger partial charge in [-0.25, -0.2) is 0 Å². The van der Waals surface area contributed by atoms with Crippen molar-refractivity contribution >= 4 is 39.0 Å². The Hall–Kier alpha value is -7.62. The second-order valence-corrected chi connectivity index (χ2v) is 22.1. The van der Waals surface area contributed by atoms with Gasteiger partial charge in [-0.3, -0.25) is 0 Å². The maximum Gasteiger partial charge on any atom is 0.143 e. The van der Waals surface area contributed by atoms with Gasteiger partial charge in [0.2, 0.25) is 0 Å². The van der Waals surface area contributed by atoms with Gasteiger partial charge in [0.05, 0.1) is 16.8 Å². The topological polar surface area (TPSA) is 25.6 Å². The van der Waals surface area contributed by atoms with Crippen molar-refractivity contribution < 1.29 is 9.15 Å². The summed E-state index contributed by atoms with van der Waals surface area (Å²) in [4.78, 5) is 2.54. The van der Waals surface area contributed by atoms with Crippen LogP contribution in [0, 0.1) is 0 Å². The summed E-state index contributed by atoms with van der Waals surface area (Å²) >= 11 is 0. The summed E-state index contributed by atoms with van der Waals surface area (Å²) in [5, 5.41) is 2.23. The monoisotopic (exact) mass is 893 g/mol. The molecular formula is C66H55NO2. The molecule has 0 saturated carbocycles. The number of anilines is 3. The summed E-state index contributed by atoms with van der Waals surface area (Å²) in [6.07, 6.45) is 0. The Kier molecular flexibility index (Phi) is 8.70. The summed E-state index contributed by atoms with van der Waals surface area (Å²) in [5.74, 6) is 1.79. The molecule has 9 aromatic carbocycles. The van der Waals surface area contributed by atoms with Gasteiger partial charge >= 0.3 is 0 Å². The number of furan rings is 1. The number of fused-ring (bicyclic) bond motifs is 15. The number of hydrogen-bond acceptors (Lipinski definition) is 3. The van der Waals surface area contributed by atoms with Crippen LogP contribution in [0.5, 0.6) is 11.5 Å². The van der Waals surface area contributed by atoms with Crippen LogP contribution >= 0.6 is 0 Å². The summed E-state index contributed by atoms with van der Waals surface area (Å²) in [5.41, 5.74) is 21.3. The Morgan fingerprint density at radius 2 is 0.957 bits per heavy atom. The fourth-order valence-electron chi connectivity index (χ4n) is 12.2. The summed E-state index contributed by atoms with van der Waals surface area (Å²) in [6.45, 7) is 18.6. The number of ether oxygens (including phenoxy) is 1. The van der Waals surface area contributed by atoms with Crippen molar-refractivity contribution in [3.05, 3.63) is 233 Å². The number of rotatable bonds is 4. The van der Waals surface area contributed by atoms with E-state index in [4.69, 9.17) is 9.15 Å². The molecule has 10 aromatic rings. The predicted octanol–water partition coefficient (Wildman–Crippen LogP) is 18.1. The van der Waals surface area contributed by atoms with Crippen molar-refractivity contribution in [2.45, 2.75) is 77.0 Å². The molecule has 0 N–H and O–H groups in total. The molecule has 0 bridgehead atoms. The first kappa shape index (κ1) is 41.6. The fourth-order valence-corrected chi connectivity index (χ4v) is 12.2. The molecule has 3 aliphatic rings. The third kappa shape index (κ3) is 5.86. The van der Waals surface area contributed by atoms with Gasteiger partial charge < -0.3 is 14.1 Å². The second kappa shape index (κ2) is 14.5. The Labute approximate surface area is 405 Å². The van der Waals surface area contributed by atoms with Crippen LogP contribution in [0.15, 0.2) is 192 Å². The van der Waals surface area contributed by atoms with Crippen LogP contribution in [-0.2, 0) is 21.7 Å². The first-order valence-electron chi connectivity index (χ1n) is 24.5. The number of benzene rings is 9. The zero-order chi connectivity index (χ0) is 47.2. The second-order valence-electron chi connectivity index (χ2n) is 22.1. The van der Waals surface area contributed by atoms with Crippen LogP contribution in [0.4, 0.5) is 17.1 Å². The first-order chi connectivity index (χ1) is 33.2. The molecule has 0 unspecified atom stereocenters. The minimum absolute atomic E-state index is 0.0865. The van der Waals surface area contributed by atoms with E-state index in [9.17, 15) is 0 Å². The van der Waals surface area contributed by atoms with Crippen LogP contribution < -0.4 is 9.64 Å². The fraction of sp³-hybridized carbons (Fsp3) is 0.182. The molecule has 1 spiro atoms. The van der Waals surface area contributed by atoms with Gasteiger partial charge in [-0.15, -0.1) is 0 Å². The molecule has 336 valence electrons. The van der Waals surface area contributed by atoms with E-state index < -0.39 is 5.41 Å². The summed E-state index contributed by atoms with van der Waals surface area (Å²) in [6, 6.07) is 70.0. The van der Waals surface area contributed by atoms with E-state index in [-0.39, 0.29) is 16.2 Å². The van der Waals surface area contributed by atoms with E-state index >= 15 is 0 Å². The van der Waals surface area contributed by atoms with E-state index in [1.54, 1.807) is 0 Å². The highest BCUT2D eigenvalue weighted by Crippen LogP contribution is 2.65. The third-order valence-electron chi connectivity index (χ3n) is 15.7. The molecule has 0 radical (unpaired) electrons. The summed E-state index contributed by atoms with van der Waals surface area (Å²) in [7, 11) is 0. The van der Waals surface area contributed by atoms with Crippen LogP contribution in [0.2, 0.25) is 0 Å². The van der Waals surface area contributed by atoms with Crippen molar-refractivity contribution in [3.63, 3.8) is 0 Å². The molecular weight excluding hydrogens is 839 g/mol. The maximum absolute atomic E-state index is 7.04. The zero-order valence-corrected chi connectivity index (χ0v) is 40.7. The Bertz CT molecular complexity index is 3710. The molecule has 1 aliphatic heterocycles. The van der Waals surface area contributed by atoms with Crippen molar-refractivity contribution in [1.82, 2.24) is 0 Å². The molecule has 3 heteroatoms. The molecule has 0 amide bonds. The molecule has 69 heavy (non-hydrogen) atoms. The van der Waals surface area contributed by atoms with Crippen molar-refractivity contribution in [1.29, 1.82) is 0 Å². The molecule has 2 aliphatic carbocycles. The van der Waals surface area contributed by atoms with Gasteiger partial charge in [-0.2, -0.15) is 0 Å². The quantitative estimate of drug-likeness (QED) is 0.176. The van der Waals surface area contributed by atoms with Gasteiger partial charge in [0.25, 0.3) is 0 Å². The average Bonchev–Trinajstić information content (AvgIpc) is 3.95. The van der Waals surface area contributed by atoms with E-state index in [0.29, 0.717) is 0 Å². The van der Waals surface area contributed by atoms with E-state index in [0.717, 1.165) is 61.6 Å². The Morgan fingerprint density at radius 1 is 0.406 bits per heavy atom. The van der Waals surface area contributed by atoms with Crippen LogP contribution in [0.3, 0.4) is 0 Å². The zero-order valence-electron chi connectivity index (χ0n) is 40.7.